The third kappa shape index (κ3) is 4.36. The molecule has 1 saturated heterocycles. The number of hydrogen-bond acceptors (Lipinski definition) is 3. The van der Waals surface area contributed by atoms with Crippen LogP contribution in [0, 0.1) is 5.92 Å². The number of cyclic esters (lactones) is 1. The van der Waals surface area contributed by atoms with E-state index < -0.39 is 0 Å². The van der Waals surface area contributed by atoms with Gasteiger partial charge in [-0.15, -0.1) is 0 Å². The maximum atomic E-state index is 10.9. The zero-order valence-electron chi connectivity index (χ0n) is 9.41. The van der Waals surface area contributed by atoms with Crippen molar-refractivity contribution in [2.75, 3.05) is 6.61 Å². The lowest BCUT2D eigenvalue weighted by Crippen LogP contribution is -2.16. The van der Waals surface area contributed by atoms with E-state index in [4.69, 9.17) is 9.47 Å². The van der Waals surface area contributed by atoms with Crippen LogP contribution < -0.4 is 0 Å². The van der Waals surface area contributed by atoms with Gasteiger partial charge >= 0.3 is 5.97 Å². The van der Waals surface area contributed by atoms with Crippen LogP contribution in [0.5, 0.6) is 0 Å². The van der Waals surface area contributed by atoms with E-state index in [2.05, 4.69) is 13.5 Å². The first-order valence-electron chi connectivity index (χ1n) is 5.68. The standard InChI is InChI=1S/C12H20O3/c1-3-5-6-11(14-4-2)7-10-8-12(13)15-9-10/h4,10-11H,2-3,5-9H2,1H3. The first-order chi connectivity index (χ1) is 7.26. The molecule has 0 N–H and O–H groups in total. The van der Waals surface area contributed by atoms with E-state index >= 15 is 0 Å². The molecule has 3 heteroatoms. The van der Waals surface area contributed by atoms with Gasteiger partial charge in [0.25, 0.3) is 0 Å². The second kappa shape index (κ2) is 6.49. The Hall–Kier alpha value is -0.990. The van der Waals surface area contributed by atoms with E-state index in [0.717, 1.165) is 25.7 Å². The Balaban J connectivity index is 2.29. The van der Waals surface area contributed by atoms with Crippen LogP contribution in [-0.4, -0.2) is 18.7 Å². The van der Waals surface area contributed by atoms with E-state index in [1.165, 1.54) is 6.26 Å². The van der Waals surface area contributed by atoms with Crippen molar-refractivity contribution in [1.82, 2.24) is 0 Å². The summed E-state index contributed by atoms with van der Waals surface area (Å²) in [4.78, 5) is 10.9. The van der Waals surface area contributed by atoms with Crippen molar-refractivity contribution in [3.8, 4) is 0 Å². The molecule has 2 atom stereocenters. The van der Waals surface area contributed by atoms with Crippen molar-refractivity contribution in [1.29, 1.82) is 0 Å². The van der Waals surface area contributed by atoms with Crippen LogP contribution in [0.3, 0.4) is 0 Å². The fourth-order valence-corrected chi connectivity index (χ4v) is 1.90. The van der Waals surface area contributed by atoms with Gasteiger partial charge in [-0.05, 0) is 12.8 Å². The molecular weight excluding hydrogens is 192 g/mol. The maximum Gasteiger partial charge on any atom is 0.306 e. The molecule has 1 fully saturated rings. The van der Waals surface area contributed by atoms with Gasteiger partial charge in [-0.3, -0.25) is 4.79 Å². The van der Waals surface area contributed by atoms with Gasteiger partial charge in [0.15, 0.2) is 0 Å². The van der Waals surface area contributed by atoms with Crippen LogP contribution in [0.1, 0.15) is 39.0 Å². The number of hydrogen-bond donors (Lipinski definition) is 0. The van der Waals surface area contributed by atoms with Gasteiger partial charge < -0.3 is 9.47 Å². The Morgan fingerprint density at radius 3 is 3.07 bits per heavy atom. The lowest BCUT2D eigenvalue weighted by atomic mass is 9.97. The van der Waals surface area contributed by atoms with Crippen LogP contribution in [-0.2, 0) is 14.3 Å². The number of carbonyl (C=O) groups is 1. The topological polar surface area (TPSA) is 35.5 Å². The summed E-state index contributed by atoms with van der Waals surface area (Å²) in [6, 6.07) is 0. The molecule has 0 aromatic carbocycles. The highest BCUT2D eigenvalue weighted by Crippen LogP contribution is 2.23. The minimum absolute atomic E-state index is 0.0761. The van der Waals surface area contributed by atoms with Crippen LogP contribution in [0.15, 0.2) is 12.8 Å². The predicted molar refractivity (Wildman–Crippen MR) is 58.3 cm³/mol. The summed E-state index contributed by atoms with van der Waals surface area (Å²) in [7, 11) is 0. The number of carbonyl (C=O) groups excluding carboxylic acids is 1. The predicted octanol–water partition coefficient (Wildman–Crippen LogP) is 2.66. The quantitative estimate of drug-likeness (QED) is 0.480. The molecule has 1 heterocycles. The average molecular weight is 212 g/mol. The van der Waals surface area contributed by atoms with E-state index in [-0.39, 0.29) is 12.1 Å². The summed E-state index contributed by atoms with van der Waals surface area (Å²) in [5, 5.41) is 0. The minimum atomic E-state index is -0.0761. The minimum Gasteiger partial charge on any atom is -0.499 e. The van der Waals surface area contributed by atoms with Crippen LogP contribution >= 0.6 is 0 Å². The second-order valence-electron chi connectivity index (χ2n) is 4.06. The Morgan fingerprint density at radius 1 is 1.73 bits per heavy atom. The normalized spacial score (nSPS) is 22.2. The molecule has 1 rings (SSSR count). The van der Waals surface area contributed by atoms with Crippen LogP contribution in [0.4, 0.5) is 0 Å². The van der Waals surface area contributed by atoms with Crippen LogP contribution in [0.2, 0.25) is 0 Å². The number of ether oxygens (including phenoxy) is 2. The SMILES string of the molecule is C=COC(CCCC)CC1COC(=O)C1. The summed E-state index contributed by atoms with van der Waals surface area (Å²) >= 11 is 0. The van der Waals surface area contributed by atoms with E-state index in [1.54, 1.807) is 0 Å². The van der Waals surface area contributed by atoms with Gasteiger partial charge in [0.05, 0.1) is 25.4 Å². The first kappa shape index (κ1) is 12.1. The smallest absolute Gasteiger partial charge is 0.306 e. The highest BCUT2D eigenvalue weighted by Gasteiger charge is 2.26. The van der Waals surface area contributed by atoms with Crippen LogP contribution in [0.25, 0.3) is 0 Å². The Morgan fingerprint density at radius 2 is 2.53 bits per heavy atom. The lowest BCUT2D eigenvalue weighted by molar-refractivity contribution is -0.137. The Labute approximate surface area is 91.4 Å². The van der Waals surface area contributed by atoms with E-state index in [9.17, 15) is 4.79 Å². The Kier molecular flexibility index (Phi) is 5.22. The first-order valence-corrected chi connectivity index (χ1v) is 5.68. The molecule has 86 valence electrons. The molecule has 0 bridgehead atoms. The van der Waals surface area contributed by atoms with Crippen molar-refractivity contribution in [2.45, 2.75) is 45.1 Å². The zero-order chi connectivity index (χ0) is 11.1. The van der Waals surface area contributed by atoms with Crippen molar-refractivity contribution in [2.24, 2.45) is 5.92 Å². The average Bonchev–Trinajstić information content (AvgIpc) is 2.61. The zero-order valence-corrected chi connectivity index (χ0v) is 9.41. The van der Waals surface area contributed by atoms with Gasteiger partial charge in [0.1, 0.15) is 0 Å². The molecule has 0 saturated carbocycles. The third-order valence-corrected chi connectivity index (χ3v) is 2.70. The van der Waals surface area contributed by atoms with Crippen molar-refractivity contribution in [3.63, 3.8) is 0 Å². The molecule has 15 heavy (non-hydrogen) atoms. The van der Waals surface area contributed by atoms with Gasteiger partial charge in [-0.25, -0.2) is 0 Å². The maximum absolute atomic E-state index is 10.9. The van der Waals surface area contributed by atoms with Crippen molar-refractivity contribution < 1.29 is 14.3 Å². The lowest BCUT2D eigenvalue weighted by Gasteiger charge is -2.18. The van der Waals surface area contributed by atoms with Gasteiger partial charge in [-0.2, -0.15) is 0 Å². The highest BCUT2D eigenvalue weighted by molar-refractivity contribution is 5.71. The molecule has 1 aliphatic rings. The summed E-state index contributed by atoms with van der Waals surface area (Å²) < 4.78 is 10.4. The molecule has 1 aliphatic heterocycles. The molecule has 0 spiro atoms. The second-order valence-corrected chi connectivity index (χ2v) is 4.06. The monoisotopic (exact) mass is 212 g/mol. The van der Waals surface area contributed by atoms with Gasteiger partial charge in [0.2, 0.25) is 0 Å². The molecule has 0 radical (unpaired) electrons. The van der Waals surface area contributed by atoms with Crippen molar-refractivity contribution >= 4 is 5.97 Å². The molecular formula is C12H20O3. The molecule has 0 aromatic rings. The number of esters is 1. The molecule has 3 nitrogen and oxygen atoms in total. The van der Waals surface area contributed by atoms with E-state index in [0.29, 0.717) is 18.9 Å². The Bertz CT molecular complexity index is 213. The highest BCUT2D eigenvalue weighted by atomic mass is 16.5. The summed E-state index contributed by atoms with van der Waals surface area (Å²) in [5.74, 6) is 0.257. The largest absolute Gasteiger partial charge is 0.499 e. The van der Waals surface area contributed by atoms with Gasteiger partial charge in [0, 0.05) is 5.92 Å². The van der Waals surface area contributed by atoms with Gasteiger partial charge in [-0.1, -0.05) is 26.3 Å². The molecule has 0 aromatic heterocycles. The summed E-state index contributed by atoms with van der Waals surface area (Å²) in [5.41, 5.74) is 0. The summed E-state index contributed by atoms with van der Waals surface area (Å²) in [6.07, 6.45) is 6.49. The molecule has 0 amide bonds. The third-order valence-electron chi connectivity index (χ3n) is 2.70. The molecule has 0 aliphatic carbocycles. The summed E-state index contributed by atoms with van der Waals surface area (Å²) in [6.45, 7) is 6.30. The molecule has 2 unspecified atom stereocenters. The fourth-order valence-electron chi connectivity index (χ4n) is 1.90. The van der Waals surface area contributed by atoms with E-state index in [1.807, 2.05) is 0 Å². The van der Waals surface area contributed by atoms with Crippen molar-refractivity contribution in [3.05, 3.63) is 12.8 Å². The fraction of sp³-hybridized carbons (Fsp3) is 0.750. The number of rotatable bonds is 7. The number of unbranched alkanes of at least 4 members (excludes halogenated alkanes) is 1.